The smallest absolute Gasteiger partial charge is 0.260 e. The van der Waals surface area contributed by atoms with E-state index in [-0.39, 0.29) is 6.10 Å². The highest BCUT2D eigenvalue weighted by Gasteiger charge is 2.14. The van der Waals surface area contributed by atoms with Crippen molar-refractivity contribution in [1.82, 2.24) is 14.4 Å². The molecule has 0 spiro atoms. The van der Waals surface area contributed by atoms with Crippen LogP contribution in [-0.4, -0.2) is 27.0 Å². The van der Waals surface area contributed by atoms with Crippen molar-refractivity contribution in [2.45, 2.75) is 33.8 Å². The van der Waals surface area contributed by atoms with E-state index in [0.29, 0.717) is 11.8 Å². The molecular weight excluding hydrogens is 228 g/mol. The number of ether oxygens (including phenoxy) is 1. The minimum Gasteiger partial charge on any atom is -0.472 e. The molecule has 0 fully saturated rings. The van der Waals surface area contributed by atoms with Crippen molar-refractivity contribution in [3.8, 4) is 5.88 Å². The van der Waals surface area contributed by atoms with Gasteiger partial charge in [0, 0.05) is 18.9 Å². The van der Waals surface area contributed by atoms with Crippen LogP contribution in [0.25, 0.3) is 5.65 Å². The molecule has 2 aromatic heterocycles. The zero-order chi connectivity index (χ0) is 13.1. The Bertz CT molecular complexity index is 521. The fourth-order valence-corrected chi connectivity index (χ4v) is 1.56. The number of rotatable bonds is 5. The third-order valence-corrected chi connectivity index (χ3v) is 2.94. The first-order chi connectivity index (χ1) is 8.61. The highest BCUT2D eigenvalue weighted by Crippen LogP contribution is 2.21. The number of hydrogen-bond donors (Lipinski definition) is 1. The van der Waals surface area contributed by atoms with E-state index in [0.717, 1.165) is 18.0 Å². The molecule has 0 saturated carbocycles. The van der Waals surface area contributed by atoms with Gasteiger partial charge in [-0.3, -0.25) is 4.40 Å². The van der Waals surface area contributed by atoms with Crippen LogP contribution in [0.3, 0.4) is 0 Å². The van der Waals surface area contributed by atoms with Crippen LogP contribution in [0.2, 0.25) is 0 Å². The summed E-state index contributed by atoms with van der Waals surface area (Å²) in [5, 5.41) is 3.19. The van der Waals surface area contributed by atoms with Crippen molar-refractivity contribution < 1.29 is 4.74 Å². The average molecular weight is 248 g/mol. The summed E-state index contributed by atoms with van der Waals surface area (Å²) in [5.41, 5.74) is 0.754. The van der Waals surface area contributed by atoms with Crippen molar-refractivity contribution in [2.75, 3.05) is 11.9 Å². The second kappa shape index (κ2) is 5.25. The monoisotopic (exact) mass is 248 g/mol. The predicted octanol–water partition coefficient (Wildman–Crippen LogP) is 2.58. The lowest BCUT2D eigenvalue weighted by molar-refractivity contribution is 0.165. The summed E-state index contributed by atoms with van der Waals surface area (Å²) >= 11 is 0. The first kappa shape index (κ1) is 12.7. The van der Waals surface area contributed by atoms with Crippen LogP contribution < -0.4 is 10.1 Å². The van der Waals surface area contributed by atoms with Crippen molar-refractivity contribution in [3.05, 3.63) is 18.6 Å². The summed E-state index contributed by atoms with van der Waals surface area (Å²) < 4.78 is 7.82. The molecule has 2 aromatic rings. The Kier molecular flexibility index (Phi) is 3.69. The molecule has 1 atom stereocenters. The van der Waals surface area contributed by atoms with Crippen molar-refractivity contribution in [1.29, 1.82) is 0 Å². The summed E-state index contributed by atoms with van der Waals surface area (Å²) in [4.78, 5) is 8.75. The highest BCUT2D eigenvalue weighted by molar-refractivity contribution is 5.53. The molecule has 18 heavy (non-hydrogen) atoms. The molecular formula is C13H20N4O. The molecule has 0 aliphatic heterocycles. The van der Waals surface area contributed by atoms with Crippen LogP contribution in [0, 0.1) is 5.92 Å². The molecule has 1 N–H and O–H groups in total. The van der Waals surface area contributed by atoms with E-state index in [1.807, 2.05) is 30.6 Å². The minimum atomic E-state index is 0.106. The Morgan fingerprint density at radius 2 is 2.17 bits per heavy atom. The maximum atomic E-state index is 5.90. The Balaban J connectivity index is 2.37. The zero-order valence-electron chi connectivity index (χ0n) is 11.3. The fourth-order valence-electron chi connectivity index (χ4n) is 1.56. The molecule has 2 heterocycles. The predicted molar refractivity (Wildman–Crippen MR) is 72.1 cm³/mol. The van der Waals surface area contributed by atoms with Gasteiger partial charge in [0.15, 0.2) is 0 Å². The van der Waals surface area contributed by atoms with Crippen LogP contribution in [0.1, 0.15) is 27.7 Å². The first-order valence-corrected chi connectivity index (χ1v) is 6.36. The van der Waals surface area contributed by atoms with Crippen LogP contribution in [-0.2, 0) is 0 Å². The van der Waals surface area contributed by atoms with Crippen molar-refractivity contribution in [3.63, 3.8) is 0 Å². The van der Waals surface area contributed by atoms with Gasteiger partial charge in [0.25, 0.3) is 5.88 Å². The van der Waals surface area contributed by atoms with Crippen LogP contribution in [0.5, 0.6) is 5.88 Å². The highest BCUT2D eigenvalue weighted by atomic mass is 16.5. The van der Waals surface area contributed by atoms with Gasteiger partial charge in [-0.15, -0.1) is 0 Å². The topological polar surface area (TPSA) is 51.5 Å². The van der Waals surface area contributed by atoms with Gasteiger partial charge in [-0.05, 0) is 19.8 Å². The molecule has 98 valence electrons. The van der Waals surface area contributed by atoms with Gasteiger partial charge >= 0.3 is 0 Å². The lowest BCUT2D eigenvalue weighted by atomic mass is 10.1. The van der Waals surface area contributed by atoms with Crippen LogP contribution in [0.4, 0.5) is 5.82 Å². The molecule has 0 amide bonds. The Morgan fingerprint density at radius 1 is 1.39 bits per heavy atom. The average Bonchev–Trinajstić information content (AvgIpc) is 2.77. The number of fused-ring (bicyclic) bond motifs is 1. The van der Waals surface area contributed by atoms with Gasteiger partial charge in [-0.2, -0.15) is 4.98 Å². The van der Waals surface area contributed by atoms with Crippen molar-refractivity contribution in [2.24, 2.45) is 5.92 Å². The molecule has 0 saturated heterocycles. The number of nitrogens with zero attached hydrogens (tertiary/aromatic N) is 3. The summed E-state index contributed by atoms with van der Waals surface area (Å²) in [7, 11) is 0. The van der Waals surface area contributed by atoms with Crippen LogP contribution in [0.15, 0.2) is 18.6 Å². The largest absolute Gasteiger partial charge is 0.472 e. The maximum Gasteiger partial charge on any atom is 0.260 e. The number of nitrogens with one attached hydrogen (secondary N) is 1. The maximum absolute atomic E-state index is 5.90. The van der Waals surface area contributed by atoms with E-state index >= 15 is 0 Å². The summed E-state index contributed by atoms with van der Waals surface area (Å²) in [5.74, 6) is 1.82. The standard InChI is InChI=1S/C13H20N4O/c1-5-14-11-8-17-7-6-15-12(17)13(16-11)18-10(4)9(2)3/h6-10,14H,5H2,1-4H3. The molecule has 0 aliphatic rings. The summed E-state index contributed by atoms with van der Waals surface area (Å²) in [6.45, 7) is 9.16. The van der Waals surface area contributed by atoms with E-state index in [9.17, 15) is 0 Å². The fraction of sp³-hybridized carbons (Fsp3) is 0.538. The molecule has 0 radical (unpaired) electrons. The van der Waals surface area contributed by atoms with Crippen molar-refractivity contribution >= 4 is 11.5 Å². The molecule has 5 nitrogen and oxygen atoms in total. The second-order valence-electron chi connectivity index (χ2n) is 4.69. The number of aromatic nitrogens is 3. The minimum absolute atomic E-state index is 0.106. The Hall–Kier alpha value is -1.78. The second-order valence-corrected chi connectivity index (χ2v) is 4.69. The van der Waals surface area contributed by atoms with Gasteiger partial charge in [0.05, 0.1) is 6.20 Å². The van der Waals surface area contributed by atoms with Gasteiger partial charge in [0.1, 0.15) is 11.9 Å². The summed E-state index contributed by atoms with van der Waals surface area (Å²) in [6.07, 6.45) is 5.67. The molecule has 0 aliphatic carbocycles. The number of hydrogen-bond acceptors (Lipinski definition) is 4. The number of imidazole rings is 1. The lowest BCUT2D eigenvalue weighted by Gasteiger charge is -2.18. The molecule has 2 rings (SSSR count). The van der Waals surface area contributed by atoms with E-state index in [1.54, 1.807) is 6.20 Å². The van der Waals surface area contributed by atoms with E-state index in [2.05, 4.69) is 29.1 Å². The van der Waals surface area contributed by atoms with E-state index in [1.165, 1.54) is 0 Å². The molecule has 5 heteroatoms. The van der Waals surface area contributed by atoms with E-state index < -0.39 is 0 Å². The Labute approximate surface area is 107 Å². The lowest BCUT2D eigenvalue weighted by Crippen LogP contribution is -2.20. The normalized spacial score (nSPS) is 12.9. The SMILES string of the molecule is CCNc1cn2ccnc2c(OC(C)C(C)C)n1. The molecule has 0 aromatic carbocycles. The number of anilines is 1. The molecule has 0 bridgehead atoms. The van der Waals surface area contributed by atoms with E-state index in [4.69, 9.17) is 4.74 Å². The molecule has 1 unspecified atom stereocenters. The Morgan fingerprint density at radius 3 is 2.83 bits per heavy atom. The van der Waals surface area contributed by atoms with Gasteiger partial charge < -0.3 is 10.1 Å². The van der Waals surface area contributed by atoms with Crippen LogP contribution >= 0.6 is 0 Å². The van der Waals surface area contributed by atoms with Gasteiger partial charge in [0.2, 0.25) is 5.65 Å². The summed E-state index contributed by atoms with van der Waals surface area (Å²) in [6, 6.07) is 0. The first-order valence-electron chi connectivity index (χ1n) is 6.36. The third-order valence-electron chi connectivity index (χ3n) is 2.94. The van der Waals surface area contributed by atoms with Gasteiger partial charge in [-0.25, -0.2) is 4.98 Å². The third kappa shape index (κ3) is 2.55. The van der Waals surface area contributed by atoms with Gasteiger partial charge in [-0.1, -0.05) is 13.8 Å². The zero-order valence-corrected chi connectivity index (χ0v) is 11.3. The quantitative estimate of drug-likeness (QED) is 0.883.